The molecule has 0 aromatic carbocycles. The number of thiol groups is 2. The van der Waals surface area contributed by atoms with E-state index in [4.69, 9.17) is 0 Å². The van der Waals surface area contributed by atoms with Crippen molar-refractivity contribution in [1.82, 2.24) is 0 Å². The van der Waals surface area contributed by atoms with Crippen LogP contribution in [-0.2, 0) is 13.8 Å². The third kappa shape index (κ3) is 5.72. The SMILES string of the molecule is O=C(S)CCC(=O)OS. The van der Waals surface area contributed by atoms with Crippen LogP contribution in [0.4, 0.5) is 0 Å². The average Bonchev–Trinajstić information content (AvgIpc) is 1.83. The molecule has 0 aromatic rings. The lowest BCUT2D eigenvalue weighted by atomic mass is 10.3. The molecule has 0 fully saturated rings. The van der Waals surface area contributed by atoms with Gasteiger partial charge in [-0.2, -0.15) is 0 Å². The van der Waals surface area contributed by atoms with Crippen molar-refractivity contribution < 1.29 is 13.8 Å². The van der Waals surface area contributed by atoms with E-state index < -0.39 is 5.97 Å². The minimum absolute atomic E-state index is 0.0475. The van der Waals surface area contributed by atoms with Crippen LogP contribution >= 0.6 is 25.5 Å². The number of hydrogen-bond donors (Lipinski definition) is 2. The Bertz CT molecular complexity index is 123. The Hall–Kier alpha value is -0.160. The maximum atomic E-state index is 10.2. The number of carbonyl (C=O) groups is 2. The summed E-state index contributed by atoms with van der Waals surface area (Å²) in [7, 11) is 0. The van der Waals surface area contributed by atoms with Gasteiger partial charge >= 0.3 is 5.97 Å². The normalized spacial score (nSPS) is 8.67. The van der Waals surface area contributed by atoms with Crippen LogP contribution in [0.3, 0.4) is 0 Å². The third-order valence-electron chi connectivity index (χ3n) is 0.645. The first-order valence-corrected chi connectivity index (χ1v) is 3.04. The third-order valence-corrected chi connectivity index (χ3v) is 1.07. The van der Waals surface area contributed by atoms with Gasteiger partial charge in [0.2, 0.25) is 0 Å². The molecule has 3 nitrogen and oxygen atoms in total. The molecule has 0 saturated heterocycles. The predicted molar refractivity (Wildman–Crippen MR) is 38.3 cm³/mol. The van der Waals surface area contributed by atoms with Crippen molar-refractivity contribution in [3.8, 4) is 0 Å². The Labute approximate surface area is 63.8 Å². The van der Waals surface area contributed by atoms with Gasteiger partial charge in [-0.05, 0) is 0 Å². The topological polar surface area (TPSA) is 43.4 Å². The van der Waals surface area contributed by atoms with E-state index in [9.17, 15) is 9.59 Å². The molecule has 0 unspecified atom stereocenters. The second-order valence-electron chi connectivity index (χ2n) is 1.36. The first-order chi connectivity index (χ1) is 4.16. The van der Waals surface area contributed by atoms with E-state index in [1.165, 1.54) is 0 Å². The molecule has 0 N–H and O–H groups in total. The molecule has 0 aliphatic rings. The van der Waals surface area contributed by atoms with E-state index in [0.717, 1.165) is 0 Å². The van der Waals surface area contributed by atoms with Crippen molar-refractivity contribution in [3.05, 3.63) is 0 Å². The molecule has 0 aliphatic carbocycles. The van der Waals surface area contributed by atoms with Crippen LogP contribution in [-0.4, -0.2) is 11.1 Å². The summed E-state index contributed by atoms with van der Waals surface area (Å²) in [5.74, 6) is -0.513. The zero-order valence-electron chi connectivity index (χ0n) is 4.53. The van der Waals surface area contributed by atoms with Gasteiger partial charge in [0, 0.05) is 19.3 Å². The molecule has 0 rings (SSSR count). The van der Waals surface area contributed by atoms with Gasteiger partial charge in [0.1, 0.15) is 0 Å². The summed E-state index contributed by atoms with van der Waals surface area (Å²) in [5.41, 5.74) is 0. The van der Waals surface area contributed by atoms with Gasteiger partial charge in [0.25, 0.3) is 0 Å². The molecular weight excluding hydrogens is 160 g/mol. The summed E-state index contributed by atoms with van der Waals surface area (Å²) in [4.78, 5) is 20.3. The summed E-state index contributed by atoms with van der Waals surface area (Å²) >= 11 is 6.67. The summed E-state index contributed by atoms with van der Waals surface area (Å²) in [6.07, 6.45) is 0.147. The Balaban J connectivity index is 3.28. The van der Waals surface area contributed by atoms with Crippen molar-refractivity contribution in [3.63, 3.8) is 0 Å². The van der Waals surface area contributed by atoms with Crippen molar-refractivity contribution in [1.29, 1.82) is 0 Å². The molecule has 0 heterocycles. The number of rotatable bonds is 3. The van der Waals surface area contributed by atoms with Crippen LogP contribution in [0.5, 0.6) is 0 Å². The van der Waals surface area contributed by atoms with Gasteiger partial charge in [-0.1, -0.05) is 0 Å². The Kier molecular flexibility index (Phi) is 4.61. The van der Waals surface area contributed by atoms with Gasteiger partial charge in [-0.3, -0.25) is 9.59 Å². The largest absolute Gasteiger partial charge is 0.395 e. The van der Waals surface area contributed by atoms with Crippen LogP contribution < -0.4 is 0 Å². The van der Waals surface area contributed by atoms with Crippen molar-refractivity contribution in [2.75, 3.05) is 0 Å². The Morgan fingerprint density at radius 3 is 2.22 bits per heavy atom. The van der Waals surface area contributed by atoms with Crippen molar-refractivity contribution in [2.45, 2.75) is 12.8 Å². The Morgan fingerprint density at radius 1 is 1.33 bits per heavy atom. The van der Waals surface area contributed by atoms with Gasteiger partial charge in [0.05, 0.1) is 6.42 Å². The zero-order valence-corrected chi connectivity index (χ0v) is 6.32. The molecule has 0 saturated carbocycles. The highest BCUT2D eigenvalue weighted by molar-refractivity contribution is 7.96. The highest BCUT2D eigenvalue weighted by atomic mass is 32.1. The second-order valence-corrected chi connectivity index (χ2v) is 2.04. The number of hydrogen-bond acceptors (Lipinski definition) is 4. The summed E-state index contributed by atoms with van der Waals surface area (Å²) in [6.45, 7) is 0. The fourth-order valence-electron chi connectivity index (χ4n) is 0.255. The smallest absolute Gasteiger partial charge is 0.318 e. The van der Waals surface area contributed by atoms with Gasteiger partial charge in [0.15, 0.2) is 5.12 Å². The van der Waals surface area contributed by atoms with Gasteiger partial charge < -0.3 is 4.18 Å². The molecule has 9 heavy (non-hydrogen) atoms. The average molecular weight is 166 g/mol. The molecule has 0 radical (unpaired) electrons. The van der Waals surface area contributed by atoms with E-state index in [1.807, 2.05) is 0 Å². The fourth-order valence-corrected chi connectivity index (χ4v) is 0.458. The molecule has 0 atom stereocenters. The van der Waals surface area contributed by atoms with Gasteiger partial charge in [-0.25, -0.2) is 0 Å². The molecule has 0 bridgehead atoms. The fraction of sp³-hybridized carbons (Fsp3) is 0.500. The lowest BCUT2D eigenvalue weighted by Crippen LogP contribution is -1.98. The van der Waals surface area contributed by atoms with E-state index in [1.54, 1.807) is 0 Å². The molecule has 0 aliphatic heterocycles. The minimum atomic E-state index is -0.513. The van der Waals surface area contributed by atoms with Crippen LogP contribution in [0.25, 0.3) is 0 Å². The molecule has 0 amide bonds. The Morgan fingerprint density at radius 2 is 1.89 bits per heavy atom. The summed E-state index contributed by atoms with van der Waals surface area (Å²) in [6, 6.07) is 0. The van der Waals surface area contributed by atoms with Crippen molar-refractivity contribution in [2.24, 2.45) is 0 Å². The molecule has 0 spiro atoms. The predicted octanol–water partition coefficient (Wildman–Crippen LogP) is 0.611. The monoisotopic (exact) mass is 166 g/mol. The highest BCUT2D eigenvalue weighted by Crippen LogP contribution is 1.96. The summed E-state index contributed by atoms with van der Waals surface area (Å²) < 4.78 is 3.97. The standard InChI is InChI=1S/C4H6O3S2/c5-3(7-9)1-2-4(6)8/h9H,1-2H2,(H,6,8). The highest BCUT2D eigenvalue weighted by Gasteiger charge is 2.02. The molecular formula is C4H6O3S2. The first-order valence-electron chi connectivity index (χ1n) is 2.23. The number of carbonyl (C=O) groups excluding carboxylic acids is 2. The van der Waals surface area contributed by atoms with E-state index >= 15 is 0 Å². The lowest BCUT2D eigenvalue weighted by Gasteiger charge is -1.91. The maximum absolute atomic E-state index is 10.2. The van der Waals surface area contributed by atoms with Crippen LogP contribution in [0.2, 0.25) is 0 Å². The molecule has 52 valence electrons. The summed E-state index contributed by atoms with van der Waals surface area (Å²) in [5, 5.41) is -0.325. The first kappa shape index (κ1) is 8.84. The lowest BCUT2D eigenvalue weighted by molar-refractivity contribution is -0.133. The molecule has 5 heteroatoms. The van der Waals surface area contributed by atoms with Gasteiger partial charge in [-0.15, -0.1) is 12.6 Å². The van der Waals surface area contributed by atoms with E-state index in [0.29, 0.717) is 0 Å². The maximum Gasteiger partial charge on any atom is 0.318 e. The van der Waals surface area contributed by atoms with Crippen molar-refractivity contribution >= 4 is 36.6 Å². The zero-order chi connectivity index (χ0) is 7.28. The van der Waals surface area contributed by atoms with Crippen LogP contribution in [0, 0.1) is 0 Å². The van der Waals surface area contributed by atoms with E-state index in [-0.39, 0.29) is 18.0 Å². The van der Waals surface area contributed by atoms with E-state index in [2.05, 4.69) is 29.7 Å². The quantitative estimate of drug-likeness (QED) is 0.477. The molecule has 0 aromatic heterocycles. The van der Waals surface area contributed by atoms with Crippen LogP contribution in [0.1, 0.15) is 12.8 Å². The second kappa shape index (κ2) is 4.69. The minimum Gasteiger partial charge on any atom is -0.395 e. The van der Waals surface area contributed by atoms with Crippen LogP contribution in [0.15, 0.2) is 0 Å².